The lowest BCUT2D eigenvalue weighted by atomic mass is 10.00. The van der Waals surface area contributed by atoms with E-state index in [0.717, 1.165) is 30.6 Å². The third-order valence-electron chi connectivity index (χ3n) is 5.52. The van der Waals surface area contributed by atoms with Crippen LogP contribution in [0.5, 0.6) is 0 Å². The Morgan fingerprint density at radius 2 is 2.04 bits per heavy atom. The van der Waals surface area contributed by atoms with Crippen LogP contribution in [-0.2, 0) is 16.1 Å². The lowest BCUT2D eigenvalue weighted by Crippen LogP contribution is -2.52. The van der Waals surface area contributed by atoms with Gasteiger partial charge in [-0.15, -0.1) is 0 Å². The normalized spacial score (nSPS) is 28.7. The Morgan fingerprint density at radius 1 is 1.19 bits per heavy atom. The highest BCUT2D eigenvalue weighted by molar-refractivity contribution is 6.05. The summed E-state index contributed by atoms with van der Waals surface area (Å²) >= 11 is 0. The first-order valence-corrected chi connectivity index (χ1v) is 9.29. The smallest absolute Gasteiger partial charge is 0.255 e. The Labute approximate surface area is 152 Å². The lowest BCUT2D eigenvalue weighted by molar-refractivity contribution is -0.136. The van der Waals surface area contributed by atoms with Crippen LogP contribution in [0.15, 0.2) is 18.2 Å². The highest BCUT2D eigenvalue weighted by Crippen LogP contribution is 2.30. The predicted octanol–water partition coefficient (Wildman–Crippen LogP) is 1.00. The highest BCUT2D eigenvalue weighted by Gasteiger charge is 2.39. The van der Waals surface area contributed by atoms with Gasteiger partial charge in [-0.25, -0.2) is 0 Å². The molecule has 7 nitrogen and oxygen atoms in total. The summed E-state index contributed by atoms with van der Waals surface area (Å²) in [4.78, 5) is 37.7. The van der Waals surface area contributed by atoms with Crippen LogP contribution in [0.3, 0.4) is 0 Å². The maximum atomic E-state index is 12.7. The fourth-order valence-electron chi connectivity index (χ4n) is 4.16. The van der Waals surface area contributed by atoms with E-state index in [1.165, 1.54) is 0 Å². The number of imide groups is 1. The fourth-order valence-corrected chi connectivity index (χ4v) is 4.16. The van der Waals surface area contributed by atoms with Crippen LogP contribution < -0.4 is 16.0 Å². The van der Waals surface area contributed by atoms with Gasteiger partial charge in [0.15, 0.2) is 0 Å². The summed E-state index contributed by atoms with van der Waals surface area (Å²) in [6, 6.07) is 6.17. The number of rotatable bonds is 3. The van der Waals surface area contributed by atoms with Crippen LogP contribution in [0.2, 0.25) is 0 Å². The van der Waals surface area contributed by atoms with Gasteiger partial charge in [0.1, 0.15) is 6.04 Å². The minimum absolute atomic E-state index is 0.128. The van der Waals surface area contributed by atoms with Gasteiger partial charge in [0, 0.05) is 36.3 Å². The van der Waals surface area contributed by atoms with Gasteiger partial charge < -0.3 is 15.5 Å². The molecule has 1 aromatic carbocycles. The standard InChI is InChI=1S/C19H24N4O3/c1-11-8-14(6-7-20-11)21-13-2-3-15-12(9-13)10-23(19(15)26)16-4-5-17(24)22-18(16)25/h2-3,9,11,14,16,20-21H,4-8,10H2,1H3,(H,22,24,25). The maximum Gasteiger partial charge on any atom is 0.255 e. The van der Waals surface area contributed by atoms with E-state index in [9.17, 15) is 14.4 Å². The molecule has 3 atom stereocenters. The van der Waals surface area contributed by atoms with Gasteiger partial charge in [0.2, 0.25) is 11.8 Å². The minimum atomic E-state index is -0.561. The van der Waals surface area contributed by atoms with E-state index in [-0.39, 0.29) is 24.1 Å². The predicted molar refractivity (Wildman–Crippen MR) is 96.6 cm³/mol. The molecule has 3 aliphatic heterocycles. The molecule has 4 rings (SSSR count). The Balaban J connectivity index is 1.48. The Kier molecular flexibility index (Phi) is 4.40. The summed E-state index contributed by atoms with van der Waals surface area (Å²) in [7, 11) is 0. The third-order valence-corrected chi connectivity index (χ3v) is 5.52. The average molecular weight is 356 g/mol. The van der Waals surface area contributed by atoms with E-state index in [1.54, 1.807) is 4.90 Å². The molecule has 0 bridgehead atoms. The zero-order chi connectivity index (χ0) is 18.3. The van der Waals surface area contributed by atoms with Crippen molar-refractivity contribution in [2.75, 3.05) is 11.9 Å². The molecule has 0 aliphatic carbocycles. The number of nitrogens with one attached hydrogen (secondary N) is 3. The molecule has 3 N–H and O–H groups in total. The molecule has 0 radical (unpaired) electrons. The molecule has 26 heavy (non-hydrogen) atoms. The number of amides is 3. The first-order chi connectivity index (χ1) is 12.5. The number of fused-ring (bicyclic) bond motifs is 1. The van der Waals surface area contributed by atoms with Gasteiger partial charge in [0.05, 0.1) is 0 Å². The monoisotopic (exact) mass is 356 g/mol. The number of anilines is 1. The number of hydrogen-bond donors (Lipinski definition) is 3. The third kappa shape index (κ3) is 3.19. The van der Waals surface area contributed by atoms with Crippen molar-refractivity contribution in [3.8, 4) is 0 Å². The quantitative estimate of drug-likeness (QED) is 0.703. The lowest BCUT2D eigenvalue weighted by Gasteiger charge is -2.29. The molecule has 1 aromatic rings. The van der Waals surface area contributed by atoms with Crippen molar-refractivity contribution in [2.45, 2.75) is 57.3 Å². The van der Waals surface area contributed by atoms with E-state index in [4.69, 9.17) is 0 Å². The molecular weight excluding hydrogens is 332 g/mol. The molecule has 0 saturated carbocycles. The van der Waals surface area contributed by atoms with Crippen LogP contribution in [0, 0.1) is 0 Å². The van der Waals surface area contributed by atoms with Crippen LogP contribution in [-0.4, -0.2) is 47.3 Å². The number of hydrogen-bond acceptors (Lipinski definition) is 5. The summed E-state index contributed by atoms with van der Waals surface area (Å²) in [6.07, 6.45) is 2.81. The largest absolute Gasteiger partial charge is 0.382 e. The van der Waals surface area contributed by atoms with Gasteiger partial charge in [-0.05, 0) is 56.5 Å². The Bertz CT molecular complexity index is 763. The Morgan fingerprint density at radius 3 is 2.81 bits per heavy atom. The molecule has 2 saturated heterocycles. The molecule has 0 aromatic heterocycles. The zero-order valence-electron chi connectivity index (χ0n) is 14.9. The van der Waals surface area contributed by atoms with Crippen molar-refractivity contribution < 1.29 is 14.4 Å². The van der Waals surface area contributed by atoms with Crippen molar-refractivity contribution in [1.82, 2.24) is 15.5 Å². The van der Waals surface area contributed by atoms with Gasteiger partial charge in [0.25, 0.3) is 5.91 Å². The highest BCUT2D eigenvalue weighted by atomic mass is 16.2. The second-order valence-electron chi connectivity index (χ2n) is 7.49. The molecule has 3 aliphatic rings. The molecule has 3 amide bonds. The van der Waals surface area contributed by atoms with E-state index < -0.39 is 6.04 Å². The molecule has 2 fully saturated rings. The topological polar surface area (TPSA) is 90.5 Å². The number of carbonyl (C=O) groups is 3. The van der Waals surface area contributed by atoms with Crippen molar-refractivity contribution in [3.05, 3.63) is 29.3 Å². The zero-order valence-corrected chi connectivity index (χ0v) is 14.9. The van der Waals surface area contributed by atoms with Crippen LogP contribution in [0.1, 0.15) is 48.5 Å². The first-order valence-electron chi connectivity index (χ1n) is 9.29. The Hall–Kier alpha value is -2.41. The summed E-state index contributed by atoms with van der Waals surface area (Å²) in [5, 5.41) is 9.35. The summed E-state index contributed by atoms with van der Waals surface area (Å²) in [5.74, 6) is -0.765. The van der Waals surface area contributed by atoms with Gasteiger partial charge in [-0.3, -0.25) is 19.7 Å². The van der Waals surface area contributed by atoms with Gasteiger partial charge >= 0.3 is 0 Å². The number of piperidine rings is 2. The van der Waals surface area contributed by atoms with Crippen molar-refractivity contribution in [3.63, 3.8) is 0 Å². The number of carbonyl (C=O) groups excluding carboxylic acids is 3. The first kappa shape index (κ1) is 17.0. The van der Waals surface area contributed by atoms with Crippen molar-refractivity contribution in [2.24, 2.45) is 0 Å². The van der Waals surface area contributed by atoms with Crippen molar-refractivity contribution >= 4 is 23.4 Å². The SMILES string of the molecule is CC1CC(Nc2ccc3c(c2)CN(C2CCC(=O)NC2=O)C3=O)CCN1. The second kappa shape index (κ2) is 6.72. The van der Waals surface area contributed by atoms with Gasteiger partial charge in [-0.2, -0.15) is 0 Å². The maximum absolute atomic E-state index is 12.7. The summed E-state index contributed by atoms with van der Waals surface area (Å²) in [6.45, 7) is 3.61. The summed E-state index contributed by atoms with van der Waals surface area (Å²) < 4.78 is 0. The molecule has 138 valence electrons. The van der Waals surface area contributed by atoms with E-state index in [2.05, 4.69) is 22.9 Å². The van der Waals surface area contributed by atoms with E-state index >= 15 is 0 Å². The molecule has 7 heteroatoms. The number of nitrogens with zero attached hydrogens (tertiary/aromatic N) is 1. The average Bonchev–Trinajstić information content (AvgIpc) is 2.91. The molecular formula is C19H24N4O3. The fraction of sp³-hybridized carbons (Fsp3) is 0.526. The van der Waals surface area contributed by atoms with Crippen LogP contribution >= 0.6 is 0 Å². The van der Waals surface area contributed by atoms with E-state index in [0.29, 0.717) is 30.6 Å². The molecule has 3 heterocycles. The van der Waals surface area contributed by atoms with Crippen molar-refractivity contribution in [1.29, 1.82) is 0 Å². The van der Waals surface area contributed by atoms with Crippen LogP contribution in [0.4, 0.5) is 5.69 Å². The number of benzene rings is 1. The van der Waals surface area contributed by atoms with Crippen LogP contribution in [0.25, 0.3) is 0 Å². The second-order valence-corrected chi connectivity index (χ2v) is 7.49. The van der Waals surface area contributed by atoms with E-state index in [1.807, 2.05) is 18.2 Å². The molecule has 0 spiro atoms. The summed E-state index contributed by atoms with van der Waals surface area (Å²) in [5.41, 5.74) is 2.60. The minimum Gasteiger partial charge on any atom is -0.382 e. The van der Waals surface area contributed by atoms with Gasteiger partial charge in [-0.1, -0.05) is 0 Å². The molecule has 3 unspecified atom stereocenters.